The number of ketones is 1. The average Bonchev–Trinajstić information content (AvgIpc) is 2.15. The van der Waals surface area contributed by atoms with Crippen LogP contribution in [0.3, 0.4) is 0 Å². The normalized spacial score (nSPS) is 11.9. The van der Waals surface area contributed by atoms with Gasteiger partial charge in [-0.15, -0.1) is 0 Å². The first kappa shape index (κ1) is 15.2. The Balaban J connectivity index is 3.64. The van der Waals surface area contributed by atoms with Gasteiger partial charge in [-0.2, -0.15) is 0 Å². The van der Waals surface area contributed by atoms with Crippen LogP contribution in [0.25, 0.3) is 0 Å². The standard InChI is InChI=1S/C14H27NO/c1-5-6-7-8-9-10-14(16)11-13(4)15-12(2)3/h11-12,15H,5-10H2,1-4H3/b13-11-. The van der Waals surface area contributed by atoms with E-state index in [0.717, 1.165) is 12.1 Å². The first-order chi connectivity index (χ1) is 7.56. The van der Waals surface area contributed by atoms with Crippen molar-refractivity contribution in [2.24, 2.45) is 0 Å². The largest absolute Gasteiger partial charge is 0.386 e. The van der Waals surface area contributed by atoms with Crippen molar-refractivity contribution in [3.05, 3.63) is 11.8 Å². The maximum Gasteiger partial charge on any atom is 0.157 e. The lowest BCUT2D eigenvalue weighted by atomic mass is 10.1. The predicted molar refractivity (Wildman–Crippen MR) is 70.4 cm³/mol. The number of hydrogen-bond donors (Lipinski definition) is 1. The number of carbonyl (C=O) groups excluding carboxylic acids is 1. The number of hydrogen-bond acceptors (Lipinski definition) is 2. The van der Waals surface area contributed by atoms with Gasteiger partial charge in [-0.25, -0.2) is 0 Å². The van der Waals surface area contributed by atoms with Gasteiger partial charge in [-0.3, -0.25) is 4.79 Å². The fraction of sp³-hybridized carbons (Fsp3) is 0.786. The van der Waals surface area contributed by atoms with Crippen LogP contribution in [0.4, 0.5) is 0 Å². The second-order valence-electron chi connectivity index (χ2n) is 4.76. The molecule has 0 aliphatic heterocycles. The summed E-state index contributed by atoms with van der Waals surface area (Å²) in [5.41, 5.74) is 0.980. The molecule has 0 aromatic rings. The fourth-order valence-corrected chi connectivity index (χ4v) is 1.71. The molecule has 0 saturated carbocycles. The Morgan fingerprint density at radius 2 is 1.81 bits per heavy atom. The SMILES string of the molecule is CCCCCCCC(=O)/C=C(/C)NC(C)C. The molecule has 0 amide bonds. The van der Waals surface area contributed by atoms with E-state index < -0.39 is 0 Å². The molecular weight excluding hydrogens is 198 g/mol. The van der Waals surface area contributed by atoms with Gasteiger partial charge in [0.05, 0.1) is 0 Å². The molecule has 0 bridgehead atoms. The maximum absolute atomic E-state index is 11.6. The van der Waals surface area contributed by atoms with E-state index in [1.165, 1.54) is 25.7 Å². The molecule has 0 aromatic carbocycles. The van der Waals surface area contributed by atoms with E-state index in [-0.39, 0.29) is 5.78 Å². The van der Waals surface area contributed by atoms with Gasteiger partial charge >= 0.3 is 0 Å². The molecule has 0 radical (unpaired) electrons. The molecule has 0 spiro atoms. The van der Waals surface area contributed by atoms with Crippen molar-refractivity contribution in [3.63, 3.8) is 0 Å². The Kier molecular flexibility index (Phi) is 8.97. The van der Waals surface area contributed by atoms with Gasteiger partial charge in [0.25, 0.3) is 0 Å². The van der Waals surface area contributed by atoms with E-state index in [1.54, 1.807) is 6.08 Å². The van der Waals surface area contributed by atoms with Crippen LogP contribution in [0.5, 0.6) is 0 Å². The highest BCUT2D eigenvalue weighted by molar-refractivity contribution is 5.90. The van der Waals surface area contributed by atoms with E-state index in [0.29, 0.717) is 12.5 Å². The lowest BCUT2D eigenvalue weighted by Gasteiger charge is -2.09. The van der Waals surface area contributed by atoms with Crippen molar-refractivity contribution in [1.82, 2.24) is 5.32 Å². The molecule has 0 rings (SSSR count). The minimum absolute atomic E-state index is 0.252. The Morgan fingerprint density at radius 3 is 2.38 bits per heavy atom. The first-order valence-electron chi connectivity index (χ1n) is 6.54. The fourth-order valence-electron chi connectivity index (χ4n) is 1.71. The van der Waals surface area contributed by atoms with Crippen LogP contribution < -0.4 is 5.32 Å². The van der Waals surface area contributed by atoms with Crippen molar-refractivity contribution in [3.8, 4) is 0 Å². The summed E-state index contributed by atoms with van der Waals surface area (Å²) in [6, 6.07) is 0.397. The quantitative estimate of drug-likeness (QED) is 0.477. The summed E-state index contributed by atoms with van der Waals surface area (Å²) in [5, 5.41) is 3.22. The van der Waals surface area contributed by atoms with Crippen molar-refractivity contribution in [1.29, 1.82) is 0 Å². The van der Waals surface area contributed by atoms with Crippen LogP contribution in [-0.2, 0) is 4.79 Å². The van der Waals surface area contributed by atoms with Crippen LogP contribution in [0.2, 0.25) is 0 Å². The van der Waals surface area contributed by atoms with Crippen molar-refractivity contribution in [2.45, 2.75) is 72.3 Å². The highest BCUT2D eigenvalue weighted by Gasteiger charge is 2.00. The average molecular weight is 225 g/mol. The Hall–Kier alpha value is -0.790. The van der Waals surface area contributed by atoms with Crippen molar-refractivity contribution in [2.75, 3.05) is 0 Å². The van der Waals surface area contributed by atoms with Gasteiger partial charge in [0.1, 0.15) is 0 Å². The third-order valence-electron chi connectivity index (χ3n) is 2.42. The van der Waals surface area contributed by atoms with Crippen LogP contribution >= 0.6 is 0 Å². The van der Waals surface area contributed by atoms with Gasteiger partial charge in [-0.05, 0) is 33.3 Å². The zero-order valence-electron chi connectivity index (χ0n) is 11.3. The third-order valence-corrected chi connectivity index (χ3v) is 2.42. The summed E-state index contributed by atoms with van der Waals surface area (Å²) in [7, 11) is 0. The molecule has 0 heterocycles. The van der Waals surface area contributed by atoms with E-state index in [9.17, 15) is 4.79 Å². The molecular formula is C14H27NO. The lowest BCUT2D eigenvalue weighted by Crippen LogP contribution is -2.20. The summed E-state index contributed by atoms with van der Waals surface area (Å²) >= 11 is 0. The molecule has 1 N–H and O–H groups in total. The van der Waals surface area contributed by atoms with Crippen LogP contribution in [0, 0.1) is 0 Å². The molecule has 0 aromatic heterocycles. The van der Waals surface area contributed by atoms with Crippen molar-refractivity contribution < 1.29 is 4.79 Å². The smallest absolute Gasteiger partial charge is 0.157 e. The maximum atomic E-state index is 11.6. The lowest BCUT2D eigenvalue weighted by molar-refractivity contribution is -0.114. The molecule has 0 unspecified atom stereocenters. The summed E-state index contributed by atoms with van der Waals surface area (Å²) in [4.78, 5) is 11.6. The highest BCUT2D eigenvalue weighted by Crippen LogP contribution is 2.06. The van der Waals surface area contributed by atoms with Gasteiger partial charge in [0.15, 0.2) is 5.78 Å². The molecule has 0 saturated heterocycles. The number of carbonyl (C=O) groups is 1. The second kappa shape index (κ2) is 9.44. The number of unbranched alkanes of at least 4 members (excludes halogenated alkanes) is 4. The molecule has 0 aliphatic carbocycles. The van der Waals surface area contributed by atoms with E-state index in [2.05, 4.69) is 26.1 Å². The van der Waals surface area contributed by atoms with E-state index in [4.69, 9.17) is 0 Å². The topological polar surface area (TPSA) is 29.1 Å². The van der Waals surface area contributed by atoms with E-state index >= 15 is 0 Å². The summed E-state index contributed by atoms with van der Waals surface area (Å²) in [6.45, 7) is 8.31. The monoisotopic (exact) mass is 225 g/mol. The molecule has 0 fully saturated rings. The van der Waals surface area contributed by atoms with Gasteiger partial charge < -0.3 is 5.32 Å². The molecule has 0 atom stereocenters. The zero-order chi connectivity index (χ0) is 12.4. The number of allylic oxidation sites excluding steroid dienone is 2. The van der Waals surface area contributed by atoms with E-state index in [1.807, 2.05) is 6.92 Å². The highest BCUT2D eigenvalue weighted by atomic mass is 16.1. The predicted octanol–water partition coefficient (Wildman–Crippen LogP) is 3.82. The third kappa shape index (κ3) is 9.75. The van der Waals surface area contributed by atoms with Crippen LogP contribution in [0.15, 0.2) is 11.8 Å². The number of rotatable bonds is 9. The minimum atomic E-state index is 0.252. The number of nitrogens with one attached hydrogen (secondary N) is 1. The van der Waals surface area contributed by atoms with Gasteiger partial charge in [0.2, 0.25) is 0 Å². The Bertz CT molecular complexity index is 219. The molecule has 2 heteroatoms. The van der Waals surface area contributed by atoms with Gasteiger partial charge in [0, 0.05) is 18.2 Å². The van der Waals surface area contributed by atoms with Crippen LogP contribution in [0.1, 0.15) is 66.2 Å². The summed E-state index contributed by atoms with van der Waals surface area (Å²) < 4.78 is 0. The summed E-state index contributed by atoms with van der Waals surface area (Å²) in [6.07, 6.45) is 8.45. The Morgan fingerprint density at radius 1 is 1.19 bits per heavy atom. The Labute approximate surface area is 101 Å². The molecule has 0 aliphatic rings. The van der Waals surface area contributed by atoms with Crippen molar-refractivity contribution >= 4 is 5.78 Å². The van der Waals surface area contributed by atoms with Gasteiger partial charge in [-0.1, -0.05) is 32.6 Å². The molecule has 2 nitrogen and oxygen atoms in total. The zero-order valence-corrected chi connectivity index (χ0v) is 11.3. The first-order valence-corrected chi connectivity index (χ1v) is 6.54. The molecule has 16 heavy (non-hydrogen) atoms. The summed E-state index contributed by atoms with van der Waals surface area (Å²) in [5.74, 6) is 0.252. The van der Waals surface area contributed by atoms with Crippen LogP contribution in [-0.4, -0.2) is 11.8 Å². The minimum Gasteiger partial charge on any atom is -0.386 e. The molecule has 94 valence electrons. The second-order valence-corrected chi connectivity index (χ2v) is 4.76.